The molecule has 7 heteroatoms. The Kier molecular flexibility index (Phi) is 6.66. The minimum Gasteiger partial charge on any atom is -0.344 e. The molecule has 0 N–H and O–H groups in total. The van der Waals surface area contributed by atoms with Gasteiger partial charge in [-0.15, -0.1) is 0 Å². The maximum Gasteiger partial charge on any atom is 0.237 e. The van der Waals surface area contributed by atoms with Crippen LogP contribution in [-0.2, 0) is 27.8 Å². The molecule has 0 aliphatic heterocycles. The quantitative estimate of drug-likeness (QED) is 0.715. The van der Waals surface area contributed by atoms with E-state index < -0.39 is 10.0 Å². The van der Waals surface area contributed by atoms with Crippen LogP contribution in [0.4, 0.5) is 0 Å². The van der Waals surface area contributed by atoms with E-state index in [1.807, 2.05) is 42.5 Å². The van der Waals surface area contributed by atoms with Gasteiger partial charge in [0, 0.05) is 32.5 Å². The summed E-state index contributed by atoms with van der Waals surface area (Å²) in [5.74, 6) is -0.226. The molecule has 0 saturated heterocycles. The molecule has 1 amide bonds. The molecule has 0 spiro atoms. The Balaban J connectivity index is 1.96. The number of likely N-dealkylation sites (N-methyl/N-ethyl adjacent to an activating group) is 1. The molecule has 0 fully saturated rings. The Morgan fingerprint density at radius 2 is 1.68 bits per heavy atom. The van der Waals surface area contributed by atoms with Gasteiger partial charge in [0.05, 0.1) is 12.8 Å². The number of nitrogens with zero attached hydrogens (tertiary/aromatic N) is 3. The molecule has 0 saturated carbocycles. The van der Waals surface area contributed by atoms with Gasteiger partial charge in [-0.3, -0.25) is 9.78 Å². The van der Waals surface area contributed by atoms with Crippen molar-refractivity contribution < 1.29 is 13.2 Å². The number of sulfonamides is 1. The first kappa shape index (κ1) is 19.1. The van der Waals surface area contributed by atoms with Crippen molar-refractivity contribution in [2.45, 2.75) is 13.0 Å². The van der Waals surface area contributed by atoms with Gasteiger partial charge in [-0.2, -0.15) is 4.31 Å². The van der Waals surface area contributed by atoms with Gasteiger partial charge >= 0.3 is 0 Å². The Labute approximate surface area is 149 Å². The van der Waals surface area contributed by atoms with E-state index in [1.165, 1.54) is 4.31 Å². The molecule has 1 aromatic heterocycles. The van der Waals surface area contributed by atoms with Crippen molar-refractivity contribution in [1.82, 2.24) is 14.2 Å². The molecule has 0 aliphatic rings. The van der Waals surface area contributed by atoms with E-state index in [0.717, 1.165) is 17.4 Å². The van der Waals surface area contributed by atoms with Gasteiger partial charge in [-0.25, -0.2) is 8.42 Å². The molecule has 134 valence electrons. The number of carbonyl (C=O) groups excluding carboxylic acids is 1. The molecule has 0 bridgehead atoms. The van der Waals surface area contributed by atoms with E-state index in [2.05, 4.69) is 4.98 Å². The fourth-order valence-electron chi connectivity index (χ4n) is 2.32. The average Bonchev–Trinajstić information content (AvgIpc) is 2.60. The van der Waals surface area contributed by atoms with E-state index in [9.17, 15) is 13.2 Å². The largest absolute Gasteiger partial charge is 0.344 e. The summed E-state index contributed by atoms with van der Waals surface area (Å²) in [6.45, 7) is 0.538. The highest BCUT2D eigenvalue weighted by Crippen LogP contribution is 2.09. The third-order valence-electron chi connectivity index (χ3n) is 3.89. The zero-order chi connectivity index (χ0) is 18.3. The first-order valence-corrected chi connectivity index (χ1v) is 9.83. The Hall–Kier alpha value is -2.25. The SMILES string of the molecule is CN(CCc1ccncc1)C(=O)CN(Cc1ccccc1)S(C)(=O)=O. The van der Waals surface area contributed by atoms with Crippen LogP contribution in [-0.4, -0.2) is 54.9 Å². The summed E-state index contributed by atoms with van der Waals surface area (Å²) < 4.78 is 25.2. The van der Waals surface area contributed by atoms with Crippen LogP contribution in [0.25, 0.3) is 0 Å². The third-order valence-corrected chi connectivity index (χ3v) is 5.09. The van der Waals surface area contributed by atoms with Crippen LogP contribution in [0.1, 0.15) is 11.1 Å². The van der Waals surface area contributed by atoms with Gasteiger partial charge in [0.25, 0.3) is 0 Å². The molecule has 1 aromatic carbocycles. The second-order valence-electron chi connectivity index (χ2n) is 5.94. The summed E-state index contributed by atoms with van der Waals surface area (Å²) in [6.07, 6.45) is 5.24. The second kappa shape index (κ2) is 8.73. The van der Waals surface area contributed by atoms with E-state index >= 15 is 0 Å². The van der Waals surface area contributed by atoms with Gasteiger partial charge in [-0.1, -0.05) is 30.3 Å². The summed E-state index contributed by atoms with van der Waals surface area (Å²) in [5, 5.41) is 0. The van der Waals surface area contributed by atoms with Crippen molar-refractivity contribution in [2.75, 3.05) is 26.4 Å². The maximum atomic E-state index is 12.4. The number of carbonyl (C=O) groups is 1. The lowest BCUT2D eigenvalue weighted by Crippen LogP contribution is -2.41. The molecule has 0 aliphatic carbocycles. The zero-order valence-corrected chi connectivity index (χ0v) is 15.3. The number of hydrogen-bond donors (Lipinski definition) is 0. The lowest BCUT2D eigenvalue weighted by atomic mass is 10.2. The monoisotopic (exact) mass is 361 g/mol. The molecular formula is C18H23N3O3S. The van der Waals surface area contributed by atoms with Gasteiger partial charge in [0.2, 0.25) is 15.9 Å². The third kappa shape index (κ3) is 6.28. The first-order chi connectivity index (χ1) is 11.9. The molecule has 6 nitrogen and oxygen atoms in total. The fourth-order valence-corrected chi connectivity index (χ4v) is 3.05. The van der Waals surface area contributed by atoms with Crippen LogP contribution in [0.2, 0.25) is 0 Å². The van der Waals surface area contributed by atoms with Gasteiger partial charge < -0.3 is 4.90 Å². The summed E-state index contributed by atoms with van der Waals surface area (Å²) in [5.41, 5.74) is 1.93. The van der Waals surface area contributed by atoms with Crippen molar-refractivity contribution >= 4 is 15.9 Å². The van der Waals surface area contributed by atoms with E-state index in [1.54, 1.807) is 24.3 Å². The number of benzene rings is 1. The van der Waals surface area contributed by atoms with Crippen molar-refractivity contribution in [3.63, 3.8) is 0 Å². The summed E-state index contributed by atoms with van der Waals surface area (Å²) in [4.78, 5) is 17.9. The van der Waals surface area contributed by atoms with Gasteiger partial charge in [0.1, 0.15) is 0 Å². The molecular weight excluding hydrogens is 338 g/mol. The van der Waals surface area contributed by atoms with Crippen molar-refractivity contribution in [1.29, 1.82) is 0 Å². The average molecular weight is 361 g/mol. The van der Waals surface area contributed by atoms with Crippen LogP contribution in [0, 0.1) is 0 Å². The summed E-state index contributed by atoms with van der Waals surface area (Å²) in [6, 6.07) is 13.0. The first-order valence-electron chi connectivity index (χ1n) is 7.98. The minimum absolute atomic E-state index is 0.166. The lowest BCUT2D eigenvalue weighted by Gasteiger charge is -2.23. The standard InChI is InChI=1S/C18H23N3O3S/c1-20(13-10-16-8-11-19-12-9-16)18(22)15-21(25(2,23)24)14-17-6-4-3-5-7-17/h3-9,11-12H,10,13-15H2,1-2H3. The minimum atomic E-state index is -3.48. The van der Waals surface area contributed by atoms with Crippen molar-refractivity contribution in [3.8, 4) is 0 Å². The highest BCUT2D eigenvalue weighted by molar-refractivity contribution is 7.88. The van der Waals surface area contributed by atoms with Crippen LogP contribution < -0.4 is 0 Å². The number of amides is 1. The molecule has 0 radical (unpaired) electrons. The Bertz CT molecular complexity index is 780. The summed E-state index contributed by atoms with van der Waals surface area (Å²) in [7, 11) is -1.79. The zero-order valence-electron chi connectivity index (χ0n) is 14.5. The highest BCUT2D eigenvalue weighted by Gasteiger charge is 2.22. The molecule has 1 heterocycles. The number of pyridine rings is 1. The maximum absolute atomic E-state index is 12.4. The Morgan fingerprint density at radius 1 is 1.04 bits per heavy atom. The van der Waals surface area contributed by atoms with Crippen LogP contribution in [0.3, 0.4) is 0 Å². The predicted molar refractivity (Wildman–Crippen MR) is 97.3 cm³/mol. The van der Waals surface area contributed by atoms with Crippen molar-refractivity contribution in [3.05, 3.63) is 66.0 Å². The highest BCUT2D eigenvalue weighted by atomic mass is 32.2. The smallest absolute Gasteiger partial charge is 0.237 e. The molecule has 0 unspecified atom stereocenters. The normalized spacial score (nSPS) is 11.5. The van der Waals surface area contributed by atoms with E-state index in [-0.39, 0.29) is 19.0 Å². The number of hydrogen-bond acceptors (Lipinski definition) is 4. The van der Waals surface area contributed by atoms with Gasteiger partial charge in [0.15, 0.2) is 0 Å². The van der Waals surface area contributed by atoms with E-state index in [0.29, 0.717) is 13.0 Å². The van der Waals surface area contributed by atoms with Crippen LogP contribution >= 0.6 is 0 Å². The molecule has 2 rings (SSSR count). The number of aromatic nitrogens is 1. The molecule has 0 atom stereocenters. The fraction of sp³-hybridized carbons (Fsp3) is 0.333. The number of rotatable bonds is 8. The van der Waals surface area contributed by atoms with Crippen LogP contribution in [0.15, 0.2) is 54.9 Å². The molecule has 2 aromatic rings. The lowest BCUT2D eigenvalue weighted by molar-refractivity contribution is -0.130. The second-order valence-corrected chi connectivity index (χ2v) is 7.92. The van der Waals surface area contributed by atoms with Crippen LogP contribution in [0.5, 0.6) is 0 Å². The summed E-state index contributed by atoms with van der Waals surface area (Å²) >= 11 is 0. The predicted octanol–water partition coefficient (Wildman–Crippen LogP) is 1.54. The van der Waals surface area contributed by atoms with Gasteiger partial charge in [-0.05, 0) is 29.7 Å². The molecule has 25 heavy (non-hydrogen) atoms. The van der Waals surface area contributed by atoms with E-state index in [4.69, 9.17) is 0 Å². The van der Waals surface area contributed by atoms with Crippen molar-refractivity contribution in [2.24, 2.45) is 0 Å². The Morgan fingerprint density at radius 3 is 2.28 bits per heavy atom. The topological polar surface area (TPSA) is 70.6 Å².